The number of rotatable bonds is 7. The quantitative estimate of drug-likeness (QED) is 0.502. The van der Waals surface area contributed by atoms with Gasteiger partial charge in [0.1, 0.15) is 0 Å². The Morgan fingerprint density at radius 3 is 1.82 bits per heavy atom. The maximum Gasteiger partial charge on any atom is 0.0164 e. The van der Waals surface area contributed by atoms with Crippen molar-refractivity contribution in [2.75, 3.05) is 19.6 Å². The van der Waals surface area contributed by atoms with Crippen molar-refractivity contribution in [2.45, 2.75) is 0 Å². The summed E-state index contributed by atoms with van der Waals surface area (Å²) < 4.78 is 0. The highest BCUT2D eigenvalue weighted by atomic mass is 15.1. The molecule has 0 aromatic carbocycles. The molecule has 0 rings (SSSR count). The summed E-state index contributed by atoms with van der Waals surface area (Å²) in [6, 6.07) is 0. The second-order valence-corrected chi connectivity index (χ2v) is 2.27. The van der Waals surface area contributed by atoms with E-state index < -0.39 is 0 Å². The first-order chi connectivity index (χ1) is 5.35. The Bertz CT molecular complexity index is 117. The summed E-state index contributed by atoms with van der Waals surface area (Å²) in [6.45, 7) is 13.7. The normalized spacial score (nSPS) is 9.55. The first-order valence-corrected chi connectivity index (χ1v) is 3.73. The van der Waals surface area contributed by atoms with Crippen molar-refractivity contribution >= 4 is 0 Å². The molecule has 0 bridgehead atoms. The van der Waals surface area contributed by atoms with Crippen molar-refractivity contribution in [3.8, 4) is 0 Å². The molecule has 0 N–H and O–H groups in total. The monoisotopic (exact) mass is 150 g/mol. The van der Waals surface area contributed by atoms with Gasteiger partial charge < -0.3 is 0 Å². The summed E-state index contributed by atoms with van der Waals surface area (Å²) >= 11 is 0. The van der Waals surface area contributed by atoms with Crippen molar-refractivity contribution in [1.29, 1.82) is 0 Å². The van der Waals surface area contributed by atoms with Gasteiger partial charge in [-0.25, -0.2) is 0 Å². The second kappa shape index (κ2) is 7.29. The second-order valence-electron chi connectivity index (χ2n) is 2.27. The van der Waals surface area contributed by atoms with Crippen LogP contribution in [0.2, 0.25) is 0 Å². The highest BCUT2D eigenvalue weighted by molar-refractivity contribution is 4.91. The lowest BCUT2D eigenvalue weighted by Crippen LogP contribution is -2.24. The fourth-order valence-electron chi connectivity index (χ4n) is 0.812. The van der Waals surface area contributed by atoms with E-state index in [0.29, 0.717) is 0 Å². The third kappa shape index (κ3) is 5.62. The zero-order valence-electron chi connectivity index (χ0n) is 7.00. The predicted octanol–water partition coefficient (Wildman–Crippen LogP) is 2.05. The first kappa shape index (κ1) is 10.2. The molecule has 11 heavy (non-hydrogen) atoms. The van der Waals surface area contributed by atoms with E-state index in [2.05, 4.69) is 24.6 Å². The van der Waals surface area contributed by atoms with Gasteiger partial charge in [-0.05, 0) is 6.42 Å². The summed E-state index contributed by atoms with van der Waals surface area (Å²) in [7, 11) is 0. The fourth-order valence-corrected chi connectivity index (χ4v) is 0.812. The minimum Gasteiger partial charge on any atom is -0.295 e. The lowest BCUT2D eigenvalue weighted by atomic mass is 10.3. The van der Waals surface area contributed by atoms with Crippen LogP contribution in [0.3, 0.4) is 0 Å². The number of hydrogen-bond donors (Lipinski definition) is 0. The van der Waals surface area contributed by atoms with Crippen molar-refractivity contribution in [3.05, 3.63) is 44.4 Å². The van der Waals surface area contributed by atoms with E-state index in [0.717, 1.165) is 19.6 Å². The van der Waals surface area contributed by atoms with Crippen molar-refractivity contribution in [2.24, 2.45) is 0 Å². The Labute approximate surface area is 69.7 Å². The maximum absolute atomic E-state index is 3.68. The van der Waals surface area contributed by atoms with Crippen LogP contribution in [-0.4, -0.2) is 24.5 Å². The molecule has 1 nitrogen and oxygen atoms in total. The van der Waals surface area contributed by atoms with Gasteiger partial charge in [0.05, 0.1) is 0 Å². The molecule has 61 valence electrons. The molecule has 0 spiro atoms. The highest BCUT2D eigenvalue weighted by Gasteiger charge is 1.96. The van der Waals surface area contributed by atoms with Crippen molar-refractivity contribution in [1.82, 2.24) is 4.90 Å². The average Bonchev–Trinajstić information content (AvgIpc) is 2.01. The zero-order chi connectivity index (χ0) is 8.53. The molecule has 0 atom stereocenters. The van der Waals surface area contributed by atoms with Crippen molar-refractivity contribution < 1.29 is 0 Å². The number of hydrogen-bond acceptors (Lipinski definition) is 1. The Morgan fingerprint density at radius 2 is 1.45 bits per heavy atom. The average molecular weight is 150 g/mol. The van der Waals surface area contributed by atoms with Crippen LogP contribution in [0.15, 0.2) is 38.0 Å². The molecule has 0 saturated heterocycles. The van der Waals surface area contributed by atoms with E-state index in [4.69, 9.17) is 0 Å². The van der Waals surface area contributed by atoms with Gasteiger partial charge in [-0.3, -0.25) is 4.90 Å². The molecule has 0 aromatic heterocycles. The Hall–Kier alpha value is -0.820. The minimum absolute atomic E-state index is 0.899. The topological polar surface area (TPSA) is 3.24 Å². The van der Waals surface area contributed by atoms with Crippen LogP contribution in [0.1, 0.15) is 0 Å². The molecule has 0 aliphatic carbocycles. The van der Waals surface area contributed by atoms with E-state index in [1.165, 1.54) is 0 Å². The first-order valence-electron chi connectivity index (χ1n) is 3.73. The minimum atomic E-state index is 0.899. The Balaban J connectivity index is 3.57. The van der Waals surface area contributed by atoms with Gasteiger partial charge in [0.25, 0.3) is 0 Å². The molecule has 0 aliphatic heterocycles. The molecule has 0 aliphatic rings. The third-order valence-corrected chi connectivity index (χ3v) is 1.30. The third-order valence-electron chi connectivity index (χ3n) is 1.30. The number of nitrogens with zero attached hydrogens (tertiary/aromatic N) is 1. The maximum atomic E-state index is 3.68. The van der Waals surface area contributed by atoms with E-state index in [1.807, 2.05) is 18.6 Å². The molecule has 0 unspecified atom stereocenters. The summed E-state index contributed by atoms with van der Waals surface area (Å²) in [5.74, 6) is 0. The van der Waals surface area contributed by atoms with Gasteiger partial charge in [-0.2, -0.15) is 0 Å². The van der Waals surface area contributed by atoms with Gasteiger partial charge in [0, 0.05) is 19.6 Å². The van der Waals surface area contributed by atoms with Crippen LogP contribution >= 0.6 is 0 Å². The Kier molecular flexibility index (Phi) is 6.75. The smallest absolute Gasteiger partial charge is 0.0164 e. The molecule has 0 heterocycles. The standard InChI is InChI=1S/C10H16N/c1-4-7-10-11(8-5-2)9-6-3/h4-7H,1-3,8-10H2. The van der Waals surface area contributed by atoms with Crippen LogP contribution < -0.4 is 0 Å². The molecule has 0 fully saturated rings. The van der Waals surface area contributed by atoms with Gasteiger partial charge in [-0.1, -0.05) is 18.2 Å². The van der Waals surface area contributed by atoms with Crippen LogP contribution in [0.25, 0.3) is 0 Å². The van der Waals surface area contributed by atoms with E-state index in [1.54, 1.807) is 6.08 Å². The molecular weight excluding hydrogens is 134 g/mol. The molecule has 0 aromatic rings. The molecule has 0 amide bonds. The molecule has 1 radical (unpaired) electrons. The lowest BCUT2D eigenvalue weighted by Gasteiger charge is -2.16. The highest BCUT2D eigenvalue weighted by Crippen LogP contribution is 1.91. The fraction of sp³-hybridized carbons (Fsp3) is 0.300. The van der Waals surface area contributed by atoms with Gasteiger partial charge in [0.15, 0.2) is 0 Å². The van der Waals surface area contributed by atoms with E-state index in [9.17, 15) is 0 Å². The van der Waals surface area contributed by atoms with Gasteiger partial charge in [-0.15, -0.1) is 19.7 Å². The summed E-state index contributed by atoms with van der Waals surface area (Å²) in [5, 5.41) is 0. The van der Waals surface area contributed by atoms with Crippen LogP contribution in [-0.2, 0) is 0 Å². The SMILES string of the molecule is C=C[CH]CN(CC=C)CC=C. The summed E-state index contributed by atoms with van der Waals surface area (Å²) in [5.41, 5.74) is 0. The van der Waals surface area contributed by atoms with Gasteiger partial charge in [0.2, 0.25) is 0 Å². The van der Waals surface area contributed by atoms with Crippen LogP contribution in [0.5, 0.6) is 0 Å². The zero-order valence-corrected chi connectivity index (χ0v) is 7.00. The Morgan fingerprint density at radius 1 is 0.909 bits per heavy atom. The lowest BCUT2D eigenvalue weighted by molar-refractivity contribution is 0.365. The van der Waals surface area contributed by atoms with Gasteiger partial charge >= 0.3 is 0 Å². The predicted molar refractivity (Wildman–Crippen MR) is 51.3 cm³/mol. The molecule has 0 saturated carbocycles. The van der Waals surface area contributed by atoms with Crippen LogP contribution in [0, 0.1) is 6.42 Å². The summed E-state index contributed by atoms with van der Waals surface area (Å²) in [4.78, 5) is 2.21. The van der Waals surface area contributed by atoms with E-state index in [-0.39, 0.29) is 0 Å². The summed E-state index contributed by atoms with van der Waals surface area (Å²) in [6.07, 6.45) is 7.60. The molecule has 1 heteroatoms. The molecular formula is C10H16N. The van der Waals surface area contributed by atoms with Crippen molar-refractivity contribution in [3.63, 3.8) is 0 Å². The van der Waals surface area contributed by atoms with Crippen LogP contribution in [0.4, 0.5) is 0 Å². The van der Waals surface area contributed by atoms with E-state index >= 15 is 0 Å². The largest absolute Gasteiger partial charge is 0.295 e.